The Hall–Kier alpha value is -2.57. The first-order chi connectivity index (χ1) is 12.1. The molecule has 1 heterocycles. The summed E-state index contributed by atoms with van der Waals surface area (Å²) in [5.41, 5.74) is 1.51. The fourth-order valence-electron chi connectivity index (χ4n) is 2.78. The molecule has 0 amide bonds. The molecule has 2 atom stereocenters. The molecule has 26 heavy (non-hydrogen) atoms. The molecule has 0 saturated heterocycles. The first kappa shape index (κ1) is 19.8. The molecule has 0 radical (unpaired) electrons. The minimum Gasteiger partial charge on any atom is -0.456 e. The zero-order valence-electron chi connectivity index (χ0n) is 14.4. The van der Waals surface area contributed by atoms with E-state index in [4.69, 9.17) is 15.4 Å². The molecule has 138 valence electrons. The van der Waals surface area contributed by atoms with Crippen LogP contribution < -0.4 is 0 Å². The summed E-state index contributed by atoms with van der Waals surface area (Å²) in [4.78, 5) is 24.3. The van der Waals surface area contributed by atoms with Crippen LogP contribution in [0.3, 0.4) is 0 Å². The molecular weight excluding hydrogens is 358 g/mol. The van der Waals surface area contributed by atoms with Gasteiger partial charge in [-0.05, 0) is 18.1 Å². The molecule has 9 heteroatoms. The van der Waals surface area contributed by atoms with Crippen molar-refractivity contribution in [2.24, 2.45) is 5.92 Å². The first-order valence-electron chi connectivity index (χ1n) is 7.82. The SMILES string of the molecule is CC(=N)C(C#N)C(=O)COC(=O)[C@H]1Cc2ccccc2CN1S(C)(=O)=O. The Balaban J connectivity index is 2.17. The molecule has 1 aliphatic heterocycles. The number of benzene rings is 1. The van der Waals surface area contributed by atoms with Crippen LogP contribution >= 0.6 is 0 Å². The first-order valence-corrected chi connectivity index (χ1v) is 9.67. The van der Waals surface area contributed by atoms with Gasteiger partial charge in [0.05, 0.1) is 12.3 Å². The van der Waals surface area contributed by atoms with Crippen LogP contribution in [0.25, 0.3) is 0 Å². The van der Waals surface area contributed by atoms with E-state index in [2.05, 4.69) is 0 Å². The van der Waals surface area contributed by atoms with Crippen molar-refractivity contribution in [3.63, 3.8) is 0 Å². The highest BCUT2D eigenvalue weighted by Gasteiger charge is 2.38. The van der Waals surface area contributed by atoms with Gasteiger partial charge in [-0.2, -0.15) is 9.57 Å². The van der Waals surface area contributed by atoms with E-state index in [1.54, 1.807) is 24.3 Å². The van der Waals surface area contributed by atoms with Crippen molar-refractivity contribution in [3.8, 4) is 6.07 Å². The van der Waals surface area contributed by atoms with Gasteiger partial charge < -0.3 is 10.1 Å². The number of fused-ring (bicyclic) bond motifs is 1. The van der Waals surface area contributed by atoms with E-state index in [0.717, 1.165) is 21.7 Å². The third-order valence-corrected chi connectivity index (χ3v) is 5.38. The number of nitriles is 1. The molecule has 0 fully saturated rings. The van der Waals surface area contributed by atoms with Crippen LogP contribution in [0.5, 0.6) is 0 Å². The van der Waals surface area contributed by atoms with Crippen molar-refractivity contribution in [2.45, 2.75) is 25.9 Å². The highest BCUT2D eigenvalue weighted by Crippen LogP contribution is 2.26. The molecule has 0 spiro atoms. The van der Waals surface area contributed by atoms with Gasteiger partial charge in [-0.25, -0.2) is 8.42 Å². The van der Waals surface area contributed by atoms with Crippen LogP contribution in [0, 0.1) is 22.7 Å². The number of hydrogen-bond acceptors (Lipinski definition) is 7. The normalized spacial score (nSPS) is 18.3. The van der Waals surface area contributed by atoms with Crippen LogP contribution in [0.4, 0.5) is 0 Å². The van der Waals surface area contributed by atoms with Gasteiger partial charge in [0.15, 0.2) is 12.4 Å². The molecule has 1 aromatic rings. The number of hydrogen-bond donors (Lipinski definition) is 1. The van der Waals surface area contributed by atoms with Crippen molar-refractivity contribution in [1.29, 1.82) is 10.7 Å². The predicted octanol–water partition coefficient (Wildman–Crippen LogP) is 0.665. The summed E-state index contributed by atoms with van der Waals surface area (Å²) in [6.07, 6.45) is 1.15. The maximum Gasteiger partial charge on any atom is 0.325 e. The molecule has 1 aliphatic rings. The van der Waals surface area contributed by atoms with Gasteiger partial charge in [-0.1, -0.05) is 24.3 Å². The van der Waals surface area contributed by atoms with E-state index in [0.29, 0.717) is 0 Å². The lowest BCUT2D eigenvalue weighted by molar-refractivity contribution is -0.152. The molecule has 1 aromatic carbocycles. The minimum atomic E-state index is -3.67. The molecule has 2 rings (SSSR count). The number of nitrogens with one attached hydrogen (secondary N) is 1. The number of rotatable bonds is 6. The zero-order valence-corrected chi connectivity index (χ0v) is 15.2. The van der Waals surface area contributed by atoms with Crippen molar-refractivity contribution in [1.82, 2.24) is 4.31 Å². The Morgan fingerprint density at radius 2 is 2.00 bits per heavy atom. The summed E-state index contributed by atoms with van der Waals surface area (Å²) in [6.45, 7) is 0.684. The highest BCUT2D eigenvalue weighted by atomic mass is 32.2. The van der Waals surface area contributed by atoms with Crippen LogP contribution in [-0.2, 0) is 37.3 Å². The van der Waals surface area contributed by atoms with E-state index >= 15 is 0 Å². The smallest absolute Gasteiger partial charge is 0.325 e. The van der Waals surface area contributed by atoms with Crippen molar-refractivity contribution in [2.75, 3.05) is 12.9 Å². The number of Topliss-reactive ketones (excluding diaryl/α,β-unsaturated/α-hetero) is 1. The molecule has 0 bridgehead atoms. The highest BCUT2D eigenvalue weighted by molar-refractivity contribution is 7.88. The van der Waals surface area contributed by atoms with Gasteiger partial charge in [0.25, 0.3) is 0 Å². The molecule has 0 saturated carbocycles. The number of carbonyl (C=O) groups is 2. The topological polar surface area (TPSA) is 128 Å². The van der Waals surface area contributed by atoms with Gasteiger partial charge in [-0.15, -0.1) is 0 Å². The molecular formula is C17H19N3O5S. The quantitative estimate of drug-likeness (QED) is 0.573. The average molecular weight is 377 g/mol. The maximum atomic E-state index is 12.4. The molecule has 0 aromatic heterocycles. The predicted molar refractivity (Wildman–Crippen MR) is 92.8 cm³/mol. The summed E-state index contributed by atoms with van der Waals surface area (Å²) in [5, 5.41) is 16.3. The fraction of sp³-hybridized carbons (Fsp3) is 0.412. The standard InChI is InChI=1S/C17H19N3O5S/c1-11(19)14(8-18)16(21)10-25-17(22)15-7-12-5-3-4-6-13(12)9-20(15)26(2,23)24/h3-6,14-15,19H,7,9-10H2,1-2H3/t14?,15-/m1/s1. The monoisotopic (exact) mass is 377 g/mol. The molecule has 8 nitrogen and oxygen atoms in total. The number of esters is 1. The third kappa shape index (κ3) is 4.33. The fourth-order valence-corrected chi connectivity index (χ4v) is 3.78. The largest absolute Gasteiger partial charge is 0.456 e. The van der Waals surface area contributed by atoms with Gasteiger partial charge in [-0.3, -0.25) is 9.59 Å². The number of sulfonamides is 1. The number of nitrogens with zero attached hydrogens (tertiary/aromatic N) is 2. The average Bonchev–Trinajstić information content (AvgIpc) is 2.58. The number of ether oxygens (including phenoxy) is 1. The number of ketones is 1. The Labute approximate surface area is 151 Å². The maximum absolute atomic E-state index is 12.4. The Bertz CT molecular complexity index is 888. The van der Waals surface area contributed by atoms with E-state index in [1.165, 1.54) is 6.92 Å². The second-order valence-electron chi connectivity index (χ2n) is 6.12. The van der Waals surface area contributed by atoms with Gasteiger partial charge in [0, 0.05) is 18.7 Å². The molecule has 1 unspecified atom stereocenters. The van der Waals surface area contributed by atoms with Crippen LogP contribution in [-0.4, -0.2) is 49.1 Å². The van der Waals surface area contributed by atoms with E-state index < -0.39 is 40.3 Å². The van der Waals surface area contributed by atoms with E-state index in [9.17, 15) is 18.0 Å². The van der Waals surface area contributed by atoms with Gasteiger partial charge in [0.2, 0.25) is 10.0 Å². The summed E-state index contributed by atoms with van der Waals surface area (Å²) in [5.74, 6) is -2.84. The summed E-state index contributed by atoms with van der Waals surface area (Å²) < 4.78 is 30.2. The van der Waals surface area contributed by atoms with E-state index in [-0.39, 0.29) is 18.7 Å². The summed E-state index contributed by atoms with van der Waals surface area (Å²) in [7, 11) is -3.67. The lowest BCUT2D eigenvalue weighted by Gasteiger charge is -2.33. The Kier molecular flexibility index (Phi) is 5.90. The number of carbonyl (C=O) groups excluding carboxylic acids is 2. The van der Waals surface area contributed by atoms with Crippen LogP contribution in [0.1, 0.15) is 18.1 Å². The summed E-state index contributed by atoms with van der Waals surface area (Å²) in [6, 6.07) is 7.80. The Morgan fingerprint density at radius 1 is 1.38 bits per heavy atom. The van der Waals surface area contributed by atoms with E-state index in [1.807, 2.05) is 6.07 Å². The van der Waals surface area contributed by atoms with Crippen molar-refractivity contribution >= 4 is 27.5 Å². The minimum absolute atomic E-state index is 0.0448. The van der Waals surface area contributed by atoms with Crippen LogP contribution in [0.2, 0.25) is 0 Å². The zero-order chi connectivity index (χ0) is 19.5. The second kappa shape index (κ2) is 7.76. The van der Waals surface area contributed by atoms with Gasteiger partial charge >= 0.3 is 5.97 Å². The summed E-state index contributed by atoms with van der Waals surface area (Å²) >= 11 is 0. The van der Waals surface area contributed by atoms with Crippen molar-refractivity contribution in [3.05, 3.63) is 35.4 Å². The van der Waals surface area contributed by atoms with Crippen LogP contribution in [0.15, 0.2) is 24.3 Å². The Morgan fingerprint density at radius 3 is 2.54 bits per heavy atom. The third-order valence-electron chi connectivity index (χ3n) is 4.14. The molecule has 1 N–H and O–H groups in total. The van der Waals surface area contributed by atoms with Crippen molar-refractivity contribution < 1.29 is 22.7 Å². The van der Waals surface area contributed by atoms with Gasteiger partial charge in [0.1, 0.15) is 12.0 Å². The molecule has 0 aliphatic carbocycles. The lowest BCUT2D eigenvalue weighted by atomic mass is 9.96. The lowest BCUT2D eigenvalue weighted by Crippen LogP contribution is -2.49. The second-order valence-corrected chi connectivity index (χ2v) is 8.05.